The molecule has 0 amide bonds. The van der Waals surface area contributed by atoms with E-state index in [9.17, 15) is 0 Å². The summed E-state index contributed by atoms with van der Waals surface area (Å²) in [5.41, 5.74) is 7.14. The van der Waals surface area contributed by atoms with Crippen molar-refractivity contribution < 1.29 is 29.6 Å². The van der Waals surface area contributed by atoms with Gasteiger partial charge in [-0.2, -0.15) is 0 Å². The normalized spacial score (nSPS) is 22.2. The van der Waals surface area contributed by atoms with Gasteiger partial charge in [0, 0.05) is 0 Å². The van der Waals surface area contributed by atoms with Crippen molar-refractivity contribution in [2.45, 2.75) is 12.8 Å². The second-order valence-electron chi connectivity index (χ2n) is 2.95. The zero-order valence-corrected chi connectivity index (χ0v) is 9.06. The van der Waals surface area contributed by atoms with Crippen molar-refractivity contribution in [1.29, 1.82) is 0 Å². The van der Waals surface area contributed by atoms with Gasteiger partial charge in [0.2, 0.25) is 0 Å². The molecule has 0 saturated carbocycles. The number of nitrogens with one attached hydrogen (secondary N) is 1. The molecule has 0 aliphatic carbocycles. The molecule has 0 unspecified atom stereocenters. The maximum atomic E-state index is 7.14. The molecule has 1 rings (SSSR count). The number of hydrogen-bond donors (Lipinski definition) is 0. The smallest absolute Gasteiger partial charge is 0.677 e. The monoisotopic (exact) mass is 150 g/mol. The van der Waals surface area contributed by atoms with Crippen molar-refractivity contribution in [3.8, 4) is 0 Å². The number of nitrogens with zero attached hydrogens (tertiary/aromatic N) is 1. The molecule has 1 fully saturated rings. The van der Waals surface area contributed by atoms with Crippen LogP contribution in [-0.2, 0) is 0 Å². The Bertz CT molecular complexity index is 79.7. The summed E-state index contributed by atoms with van der Waals surface area (Å²) >= 11 is 0. The Morgan fingerprint density at radius 2 is 1.90 bits per heavy atom. The van der Waals surface area contributed by atoms with Crippen LogP contribution in [-0.4, -0.2) is 31.6 Å². The van der Waals surface area contributed by atoms with E-state index in [1.807, 2.05) is 0 Å². The number of likely N-dealkylation sites (tertiary alicyclic amines) is 1. The van der Waals surface area contributed by atoms with Crippen LogP contribution in [0.2, 0.25) is 0 Å². The molecule has 10 heavy (non-hydrogen) atoms. The molecule has 0 radical (unpaired) electrons. The summed E-state index contributed by atoms with van der Waals surface area (Å²) < 4.78 is 0. The van der Waals surface area contributed by atoms with E-state index in [1.54, 1.807) is 0 Å². The van der Waals surface area contributed by atoms with Crippen molar-refractivity contribution in [3.05, 3.63) is 5.73 Å². The largest absolute Gasteiger partial charge is 1.00 e. The van der Waals surface area contributed by atoms with E-state index in [1.165, 1.54) is 25.9 Å². The molecule has 0 spiro atoms. The molecule has 0 aromatic heterocycles. The number of hydrogen-bond acceptors (Lipinski definition) is 1. The van der Waals surface area contributed by atoms with Crippen LogP contribution < -0.4 is 29.6 Å². The van der Waals surface area contributed by atoms with Gasteiger partial charge in [-0.1, -0.05) is 5.92 Å². The van der Waals surface area contributed by atoms with Gasteiger partial charge in [-0.05, 0) is 33.0 Å². The molecule has 1 aliphatic rings. The van der Waals surface area contributed by atoms with Gasteiger partial charge < -0.3 is 10.6 Å². The Hall–Kier alpha value is 0.920. The fourth-order valence-corrected chi connectivity index (χ4v) is 1.27. The van der Waals surface area contributed by atoms with Crippen molar-refractivity contribution in [3.63, 3.8) is 0 Å². The summed E-state index contributed by atoms with van der Waals surface area (Å²) in [7, 11) is 2.15. The molecular weight excluding hydrogens is 135 g/mol. The molecule has 0 aromatic carbocycles. The van der Waals surface area contributed by atoms with Crippen LogP contribution in [0.1, 0.15) is 12.8 Å². The molecule has 0 atom stereocenters. The number of piperidine rings is 1. The van der Waals surface area contributed by atoms with Crippen molar-refractivity contribution in [2.24, 2.45) is 5.92 Å². The summed E-state index contributed by atoms with van der Waals surface area (Å²) in [6.45, 7) is 3.03. The third kappa shape index (κ3) is 3.35. The first-order valence-electron chi connectivity index (χ1n) is 3.66. The maximum Gasteiger partial charge on any atom is 1.00 e. The summed E-state index contributed by atoms with van der Waals surface area (Å²) in [6, 6.07) is 0. The fraction of sp³-hybridized carbons (Fsp3) is 1.00. The van der Waals surface area contributed by atoms with Crippen molar-refractivity contribution >= 4 is 0 Å². The average molecular weight is 150 g/mol. The molecule has 2 nitrogen and oxygen atoms in total. The van der Waals surface area contributed by atoms with Gasteiger partial charge in [-0.25, -0.2) is 0 Å². The summed E-state index contributed by atoms with van der Waals surface area (Å²) in [4.78, 5) is 2.34. The van der Waals surface area contributed by atoms with Crippen LogP contribution in [0.3, 0.4) is 0 Å². The summed E-state index contributed by atoms with van der Waals surface area (Å²) in [5.74, 6) is 0.696. The average Bonchev–Trinajstić information content (AvgIpc) is 1.90. The Morgan fingerprint density at radius 1 is 1.40 bits per heavy atom. The molecule has 3 heteroatoms. The van der Waals surface area contributed by atoms with Crippen LogP contribution in [0.4, 0.5) is 0 Å². The first kappa shape index (κ1) is 10.9. The summed E-state index contributed by atoms with van der Waals surface area (Å²) in [6.07, 6.45) is 2.47. The van der Waals surface area contributed by atoms with Gasteiger partial charge in [-0.3, -0.25) is 0 Å². The Kier molecular flexibility index (Phi) is 6.07. The van der Waals surface area contributed by atoms with E-state index in [0.29, 0.717) is 12.5 Å². The van der Waals surface area contributed by atoms with Crippen LogP contribution in [0, 0.1) is 5.92 Å². The van der Waals surface area contributed by atoms with E-state index in [4.69, 9.17) is 5.73 Å². The van der Waals surface area contributed by atoms with Gasteiger partial charge in [0.1, 0.15) is 0 Å². The predicted octanol–water partition coefficient (Wildman–Crippen LogP) is -1.62. The third-order valence-electron chi connectivity index (χ3n) is 2.13. The standard InChI is InChI=1S/C7H15N2.Na/c1-9-4-2-7(6-8)3-5-9;/h7-8H,2-6H2,1H3;/q-1;+1. The second kappa shape index (κ2) is 5.56. The van der Waals surface area contributed by atoms with Gasteiger partial charge in [0.05, 0.1) is 0 Å². The Morgan fingerprint density at radius 3 is 2.30 bits per heavy atom. The van der Waals surface area contributed by atoms with Crippen molar-refractivity contribution in [2.75, 3.05) is 26.7 Å². The van der Waals surface area contributed by atoms with E-state index < -0.39 is 0 Å². The number of rotatable bonds is 1. The van der Waals surface area contributed by atoms with Gasteiger partial charge in [0.15, 0.2) is 0 Å². The molecule has 1 heterocycles. The molecule has 0 bridgehead atoms. The van der Waals surface area contributed by atoms with Crippen molar-refractivity contribution in [1.82, 2.24) is 4.90 Å². The van der Waals surface area contributed by atoms with E-state index >= 15 is 0 Å². The zero-order chi connectivity index (χ0) is 6.69. The van der Waals surface area contributed by atoms with E-state index in [-0.39, 0.29) is 29.6 Å². The first-order chi connectivity index (χ1) is 4.33. The van der Waals surface area contributed by atoms with Gasteiger partial charge >= 0.3 is 29.6 Å². The van der Waals surface area contributed by atoms with Crippen LogP contribution in [0.5, 0.6) is 0 Å². The minimum Gasteiger partial charge on any atom is -0.677 e. The summed E-state index contributed by atoms with van der Waals surface area (Å²) in [5, 5.41) is 0. The topological polar surface area (TPSA) is 27.0 Å². The zero-order valence-electron chi connectivity index (χ0n) is 7.06. The Balaban J connectivity index is 0.000000810. The van der Waals surface area contributed by atoms with E-state index in [2.05, 4.69) is 11.9 Å². The van der Waals surface area contributed by atoms with E-state index in [0.717, 1.165) is 0 Å². The third-order valence-corrected chi connectivity index (χ3v) is 2.13. The molecule has 1 N–H and O–H groups in total. The van der Waals surface area contributed by atoms with Gasteiger partial charge in [0.25, 0.3) is 0 Å². The van der Waals surface area contributed by atoms with Gasteiger partial charge in [-0.15, -0.1) is 6.54 Å². The van der Waals surface area contributed by atoms with Crippen LogP contribution >= 0.6 is 0 Å². The quantitative estimate of drug-likeness (QED) is 0.413. The second-order valence-corrected chi connectivity index (χ2v) is 2.95. The first-order valence-corrected chi connectivity index (χ1v) is 3.66. The molecule has 1 saturated heterocycles. The molecule has 0 aromatic rings. The SMILES string of the molecule is CN1CCC(C[NH-])CC1.[Na+]. The molecule has 1 aliphatic heterocycles. The van der Waals surface area contributed by atoms with Crippen LogP contribution in [0.25, 0.3) is 5.73 Å². The Labute approximate surface area is 85.4 Å². The molecule has 54 valence electrons. The minimum atomic E-state index is 0. The minimum absolute atomic E-state index is 0. The molecular formula is C7H15N2Na. The van der Waals surface area contributed by atoms with Crippen LogP contribution in [0.15, 0.2) is 0 Å². The maximum absolute atomic E-state index is 7.14. The fourth-order valence-electron chi connectivity index (χ4n) is 1.27. The predicted molar refractivity (Wildman–Crippen MR) is 39.4 cm³/mol.